The van der Waals surface area contributed by atoms with Crippen LogP contribution in [0.5, 0.6) is 17.2 Å². The molecular formula is C23H22N4O4S. The Kier molecular flexibility index (Phi) is 6.46. The topological polar surface area (TPSA) is 99.4 Å². The average Bonchev–Trinajstić information content (AvgIpc) is 3.44. The number of rotatable bonds is 8. The van der Waals surface area contributed by atoms with Gasteiger partial charge in [-0.1, -0.05) is 13.8 Å². The van der Waals surface area contributed by atoms with Gasteiger partial charge in [-0.3, -0.25) is 10.1 Å². The van der Waals surface area contributed by atoms with Gasteiger partial charge in [0.05, 0.1) is 6.61 Å². The fourth-order valence-corrected chi connectivity index (χ4v) is 3.30. The van der Waals surface area contributed by atoms with Crippen molar-refractivity contribution in [3.63, 3.8) is 0 Å². The number of aryl methyl sites for hydroxylation is 1. The molecule has 9 heteroatoms. The molecule has 2 aromatic carbocycles. The molecule has 0 saturated heterocycles. The van der Waals surface area contributed by atoms with Crippen LogP contribution in [-0.4, -0.2) is 27.7 Å². The lowest BCUT2D eigenvalue weighted by molar-refractivity contribution is 0.102. The predicted molar refractivity (Wildman–Crippen MR) is 121 cm³/mol. The molecular weight excluding hydrogens is 428 g/mol. The van der Waals surface area contributed by atoms with E-state index in [0.29, 0.717) is 52.2 Å². The van der Waals surface area contributed by atoms with Gasteiger partial charge in [0.2, 0.25) is 11.8 Å². The van der Waals surface area contributed by atoms with Crippen molar-refractivity contribution < 1.29 is 18.7 Å². The van der Waals surface area contributed by atoms with Crippen LogP contribution in [0.25, 0.3) is 11.5 Å². The summed E-state index contributed by atoms with van der Waals surface area (Å²) < 4.78 is 17.3. The van der Waals surface area contributed by atoms with Gasteiger partial charge in [-0.25, -0.2) is 4.98 Å². The fourth-order valence-electron chi connectivity index (χ4n) is 2.78. The summed E-state index contributed by atoms with van der Waals surface area (Å²) >= 11 is 1.35. The molecule has 0 radical (unpaired) electrons. The molecule has 8 nitrogen and oxygen atoms in total. The van der Waals surface area contributed by atoms with E-state index in [2.05, 4.69) is 34.3 Å². The minimum Gasteiger partial charge on any atom is -0.493 e. The first-order valence-electron chi connectivity index (χ1n) is 10.0. The molecule has 0 spiro atoms. The lowest BCUT2D eigenvalue weighted by atomic mass is 10.1. The van der Waals surface area contributed by atoms with Gasteiger partial charge in [0, 0.05) is 35.7 Å². The number of amides is 1. The zero-order valence-corrected chi connectivity index (χ0v) is 18.7. The third-order valence-corrected chi connectivity index (χ3v) is 4.93. The Hall–Kier alpha value is -3.72. The second-order valence-electron chi connectivity index (χ2n) is 7.44. The van der Waals surface area contributed by atoms with E-state index in [1.165, 1.54) is 11.3 Å². The number of hydrogen-bond donors (Lipinski definition) is 1. The van der Waals surface area contributed by atoms with E-state index in [4.69, 9.17) is 13.9 Å². The largest absolute Gasteiger partial charge is 0.493 e. The molecule has 1 N–H and O–H groups in total. The molecule has 164 valence electrons. The van der Waals surface area contributed by atoms with E-state index < -0.39 is 0 Å². The van der Waals surface area contributed by atoms with Crippen LogP contribution >= 0.6 is 11.3 Å². The highest BCUT2D eigenvalue weighted by molar-refractivity contribution is 7.13. The van der Waals surface area contributed by atoms with Crippen LogP contribution in [0.2, 0.25) is 0 Å². The summed E-state index contributed by atoms with van der Waals surface area (Å²) in [5, 5.41) is 13.0. The molecule has 2 heterocycles. The summed E-state index contributed by atoms with van der Waals surface area (Å²) in [5.41, 5.74) is 1.20. The van der Waals surface area contributed by atoms with Crippen molar-refractivity contribution in [3.05, 3.63) is 65.5 Å². The van der Waals surface area contributed by atoms with Crippen molar-refractivity contribution in [2.45, 2.75) is 20.8 Å². The van der Waals surface area contributed by atoms with Crippen molar-refractivity contribution in [2.24, 2.45) is 5.92 Å². The van der Waals surface area contributed by atoms with Crippen LogP contribution in [0.4, 0.5) is 5.13 Å². The molecule has 32 heavy (non-hydrogen) atoms. The molecule has 0 atom stereocenters. The molecule has 0 aliphatic rings. The summed E-state index contributed by atoms with van der Waals surface area (Å²) in [7, 11) is 0. The van der Waals surface area contributed by atoms with Crippen LogP contribution in [0.3, 0.4) is 0 Å². The van der Waals surface area contributed by atoms with Gasteiger partial charge in [-0.15, -0.1) is 21.5 Å². The Bertz CT molecular complexity index is 1190. The first-order chi connectivity index (χ1) is 15.5. The molecule has 0 saturated carbocycles. The SMILES string of the molecule is Cc1nnc(-c2ccc(Oc3cc(OCC(C)C)cc(C(=O)Nc4nccs4)c3)cc2)o1. The quantitative estimate of drug-likeness (QED) is 0.374. The summed E-state index contributed by atoms with van der Waals surface area (Å²) in [6, 6.07) is 12.4. The van der Waals surface area contributed by atoms with E-state index in [1.54, 1.807) is 48.8 Å². The number of ether oxygens (including phenoxy) is 2. The summed E-state index contributed by atoms with van der Waals surface area (Å²) in [6.45, 7) is 6.38. The predicted octanol–water partition coefficient (Wildman–Crippen LogP) is 5.58. The number of nitrogens with zero attached hydrogens (tertiary/aromatic N) is 3. The second-order valence-corrected chi connectivity index (χ2v) is 8.34. The molecule has 0 unspecified atom stereocenters. The maximum Gasteiger partial charge on any atom is 0.257 e. The number of carbonyl (C=O) groups excluding carboxylic acids is 1. The first kappa shape index (κ1) is 21.5. The van der Waals surface area contributed by atoms with Crippen LogP contribution < -0.4 is 14.8 Å². The second kappa shape index (κ2) is 9.61. The minimum atomic E-state index is -0.290. The maximum absolute atomic E-state index is 12.7. The molecule has 4 aromatic rings. The number of thiazole rings is 1. The first-order valence-corrected chi connectivity index (χ1v) is 10.9. The van der Waals surface area contributed by atoms with Gasteiger partial charge in [-0.05, 0) is 42.3 Å². The average molecular weight is 451 g/mol. The van der Waals surface area contributed by atoms with Gasteiger partial charge in [-0.2, -0.15) is 0 Å². The summed E-state index contributed by atoms with van der Waals surface area (Å²) in [4.78, 5) is 16.8. The van der Waals surface area contributed by atoms with Crippen LogP contribution in [0.15, 0.2) is 58.5 Å². The zero-order chi connectivity index (χ0) is 22.5. The highest BCUT2D eigenvalue weighted by Gasteiger charge is 2.13. The standard InChI is InChI=1S/C23H22N4O4S/c1-14(2)13-29-19-10-17(21(28)25-23-24-8-9-32-23)11-20(12-19)31-18-6-4-16(5-7-18)22-27-26-15(3)30-22/h4-12,14H,13H2,1-3H3,(H,24,25,28). The van der Waals surface area contributed by atoms with Crippen LogP contribution in [0.1, 0.15) is 30.1 Å². The fraction of sp³-hybridized carbons (Fsp3) is 0.217. The van der Waals surface area contributed by atoms with Crippen molar-refractivity contribution in [3.8, 4) is 28.7 Å². The highest BCUT2D eigenvalue weighted by atomic mass is 32.1. The summed E-state index contributed by atoms with van der Waals surface area (Å²) in [5.74, 6) is 2.63. The van der Waals surface area contributed by atoms with Crippen molar-refractivity contribution >= 4 is 22.4 Å². The monoisotopic (exact) mass is 450 g/mol. The van der Waals surface area contributed by atoms with Gasteiger partial charge in [0.25, 0.3) is 5.91 Å². The number of carbonyl (C=O) groups is 1. The van der Waals surface area contributed by atoms with Crippen LogP contribution in [-0.2, 0) is 0 Å². The minimum absolute atomic E-state index is 0.290. The Morgan fingerprint density at radius 2 is 1.88 bits per heavy atom. The molecule has 1 amide bonds. The lowest BCUT2D eigenvalue weighted by Crippen LogP contribution is -2.12. The normalized spacial score (nSPS) is 10.9. The van der Waals surface area contributed by atoms with Crippen molar-refractivity contribution in [1.82, 2.24) is 15.2 Å². The molecule has 2 aromatic heterocycles. The molecule has 0 aliphatic carbocycles. The molecule has 0 aliphatic heterocycles. The van der Waals surface area contributed by atoms with E-state index in [-0.39, 0.29) is 5.91 Å². The zero-order valence-electron chi connectivity index (χ0n) is 17.9. The Labute approximate surface area is 189 Å². The maximum atomic E-state index is 12.7. The number of aromatic nitrogens is 3. The Morgan fingerprint density at radius 3 is 2.53 bits per heavy atom. The number of benzene rings is 2. The van der Waals surface area contributed by atoms with Gasteiger partial charge in [0.15, 0.2) is 5.13 Å². The van der Waals surface area contributed by atoms with Gasteiger partial charge in [0.1, 0.15) is 17.2 Å². The van der Waals surface area contributed by atoms with E-state index in [9.17, 15) is 4.79 Å². The number of nitrogens with one attached hydrogen (secondary N) is 1. The lowest BCUT2D eigenvalue weighted by Gasteiger charge is -2.13. The van der Waals surface area contributed by atoms with Crippen LogP contribution in [0, 0.1) is 12.8 Å². The van der Waals surface area contributed by atoms with Gasteiger partial charge < -0.3 is 13.9 Å². The van der Waals surface area contributed by atoms with E-state index in [0.717, 1.165) is 5.56 Å². The number of anilines is 1. The van der Waals surface area contributed by atoms with Crippen molar-refractivity contribution in [2.75, 3.05) is 11.9 Å². The Morgan fingerprint density at radius 1 is 1.09 bits per heavy atom. The van der Waals surface area contributed by atoms with Crippen molar-refractivity contribution in [1.29, 1.82) is 0 Å². The number of hydrogen-bond acceptors (Lipinski definition) is 8. The third kappa shape index (κ3) is 5.50. The molecule has 0 bridgehead atoms. The highest BCUT2D eigenvalue weighted by Crippen LogP contribution is 2.30. The van der Waals surface area contributed by atoms with Gasteiger partial charge >= 0.3 is 0 Å². The summed E-state index contributed by atoms with van der Waals surface area (Å²) in [6.07, 6.45) is 1.64. The van der Waals surface area contributed by atoms with E-state index >= 15 is 0 Å². The third-order valence-electron chi connectivity index (χ3n) is 4.24. The van der Waals surface area contributed by atoms with E-state index in [1.807, 2.05) is 12.1 Å². The molecule has 4 rings (SSSR count). The Balaban J connectivity index is 1.55. The smallest absolute Gasteiger partial charge is 0.257 e. The molecule has 0 fully saturated rings.